The third kappa shape index (κ3) is 5.77. The van der Waals surface area contributed by atoms with Crippen LogP contribution in [0.15, 0.2) is 51.9 Å². The highest BCUT2D eigenvalue weighted by atomic mass is 32.2. The van der Waals surface area contributed by atoms with Crippen LogP contribution in [0.1, 0.15) is 40.1 Å². The average molecular weight is 444 g/mol. The minimum atomic E-state index is -3.69. The van der Waals surface area contributed by atoms with E-state index < -0.39 is 10.0 Å². The van der Waals surface area contributed by atoms with Crippen LogP contribution in [0.2, 0.25) is 0 Å². The molecule has 1 aromatic heterocycles. The Hall–Kier alpha value is -3.04. The molecule has 0 aliphatic heterocycles. The number of aromatic nitrogens is 2. The summed E-state index contributed by atoms with van der Waals surface area (Å²) >= 11 is 0. The summed E-state index contributed by atoms with van der Waals surface area (Å²) in [5.41, 5.74) is 2.66. The Bertz CT molecular complexity index is 1150. The van der Waals surface area contributed by atoms with Gasteiger partial charge in [-0.1, -0.05) is 23.4 Å². The minimum Gasteiger partial charge on any atom is -0.484 e. The van der Waals surface area contributed by atoms with E-state index in [4.69, 9.17) is 9.26 Å². The zero-order valence-electron chi connectivity index (χ0n) is 18.0. The van der Waals surface area contributed by atoms with Gasteiger partial charge in [0.25, 0.3) is 5.89 Å². The molecule has 9 heteroatoms. The molecule has 0 unspecified atom stereocenters. The van der Waals surface area contributed by atoms with Crippen LogP contribution < -0.4 is 4.74 Å². The zero-order valence-corrected chi connectivity index (χ0v) is 18.8. The Balaban J connectivity index is 1.57. The zero-order chi connectivity index (χ0) is 22.6. The van der Waals surface area contributed by atoms with Crippen molar-refractivity contribution in [2.45, 2.75) is 38.7 Å². The van der Waals surface area contributed by atoms with E-state index >= 15 is 0 Å². The third-order valence-corrected chi connectivity index (χ3v) is 6.56. The normalized spacial score (nSPS) is 11.6. The summed E-state index contributed by atoms with van der Waals surface area (Å²) in [7, 11) is -2.20. The molecule has 0 saturated carbocycles. The van der Waals surface area contributed by atoms with E-state index in [0.717, 1.165) is 16.9 Å². The number of sulfonamides is 1. The topological polar surface area (TPSA) is 103 Å². The van der Waals surface area contributed by atoms with E-state index in [9.17, 15) is 13.2 Å². The second-order valence-electron chi connectivity index (χ2n) is 7.37. The molecule has 8 nitrogen and oxygen atoms in total. The number of ketones is 1. The van der Waals surface area contributed by atoms with Crippen LogP contribution in [-0.2, 0) is 23.1 Å². The van der Waals surface area contributed by atoms with Gasteiger partial charge in [0.05, 0.1) is 4.90 Å². The number of nitrogens with zero attached hydrogens (tertiary/aromatic N) is 3. The van der Waals surface area contributed by atoms with Gasteiger partial charge in [0.2, 0.25) is 10.0 Å². The van der Waals surface area contributed by atoms with Crippen molar-refractivity contribution in [3.8, 4) is 5.75 Å². The summed E-state index contributed by atoms with van der Waals surface area (Å²) in [5, 5.41) is 3.90. The molecule has 2 aromatic carbocycles. The van der Waals surface area contributed by atoms with Gasteiger partial charge in [-0.15, -0.1) is 0 Å². The van der Waals surface area contributed by atoms with E-state index in [1.165, 1.54) is 42.5 Å². The fraction of sp³-hybridized carbons (Fsp3) is 0.318. The first-order valence-electron chi connectivity index (χ1n) is 9.75. The number of rotatable bonds is 9. The number of hydrogen-bond acceptors (Lipinski definition) is 7. The fourth-order valence-corrected chi connectivity index (χ4v) is 4.20. The van der Waals surface area contributed by atoms with Crippen molar-refractivity contribution in [1.82, 2.24) is 14.4 Å². The minimum absolute atomic E-state index is 0.119. The highest BCUT2D eigenvalue weighted by Crippen LogP contribution is 2.18. The summed E-state index contributed by atoms with van der Waals surface area (Å²) in [6.45, 7) is 5.72. The molecule has 0 radical (unpaired) electrons. The van der Waals surface area contributed by atoms with Crippen LogP contribution >= 0.6 is 0 Å². The molecule has 0 atom stereocenters. The van der Waals surface area contributed by atoms with Crippen LogP contribution in [-0.4, -0.2) is 42.2 Å². The molecule has 0 saturated heterocycles. The van der Waals surface area contributed by atoms with Gasteiger partial charge < -0.3 is 9.26 Å². The first kappa shape index (κ1) is 22.6. The SMILES string of the molecule is CC(=O)c1ccc(S(=O)(=O)N(C)CCc2noc(COc3cc(C)cc(C)c3)n2)cc1. The van der Waals surface area contributed by atoms with E-state index in [0.29, 0.717) is 17.3 Å². The Labute approximate surface area is 181 Å². The first-order chi connectivity index (χ1) is 14.6. The van der Waals surface area contributed by atoms with Gasteiger partial charge in [-0.05, 0) is 56.2 Å². The number of likely N-dealkylation sites (N-methyl/N-ethyl adjacent to an activating group) is 1. The maximum absolute atomic E-state index is 12.7. The lowest BCUT2D eigenvalue weighted by Gasteiger charge is -2.16. The highest BCUT2D eigenvalue weighted by Gasteiger charge is 2.21. The smallest absolute Gasteiger partial charge is 0.264 e. The molecule has 1 heterocycles. The van der Waals surface area contributed by atoms with E-state index in [1.54, 1.807) is 0 Å². The number of aryl methyl sites for hydroxylation is 2. The molecule has 0 aliphatic rings. The lowest BCUT2D eigenvalue weighted by molar-refractivity contribution is 0.101. The number of carbonyl (C=O) groups is 1. The van der Waals surface area contributed by atoms with Crippen LogP contribution in [0.25, 0.3) is 0 Å². The van der Waals surface area contributed by atoms with Crippen molar-refractivity contribution < 1.29 is 22.5 Å². The highest BCUT2D eigenvalue weighted by molar-refractivity contribution is 7.89. The largest absolute Gasteiger partial charge is 0.484 e. The molecule has 0 bridgehead atoms. The molecule has 0 N–H and O–H groups in total. The van der Waals surface area contributed by atoms with Gasteiger partial charge in [0.15, 0.2) is 18.2 Å². The molecule has 0 amide bonds. The summed E-state index contributed by atoms with van der Waals surface area (Å²) < 4.78 is 37.5. The Morgan fingerprint density at radius 2 is 1.74 bits per heavy atom. The number of ether oxygens (including phenoxy) is 1. The van der Waals surface area contributed by atoms with Crippen molar-refractivity contribution in [1.29, 1.82) is 0 Å². The summed E-state index contributed by atoms with van der Waals surface area (Å²) in [5.74, 6) is 1.32. The van der Waals surface area contributed by atoms with Crippen molar-refractivity contribution in [3.05, 3.63) is 70.9 Å². The first-order valence-corrected chi connectivity index (χ1v) is 11.2. The number of hydrogen-bond donors (Lipinski definition) is 0. The maximum Gasteiger partial charge on any atom is 0.264 e. The van der Waals surface area contributed by atoms with Crippen molar-refractivity contribution in [2.24, 2.45) is 0 Å². The molecule has 0 aliphatic carbocycles. The van der Waals surface area contributed by atoms with Gasteiger partial charge >= 0.3 is 0 Å². The predicted octanol–water partition coefficient (Wildman–Crippen LogP) is 3.33. The molecule has 3 rings (SSSR count). The standard InChI is InChI=1S/C22H25N3O5S/c1-15-11-16(2)13-19(12-15)29-14-22-23-21(24-30-22)9-10-25(4)31(27,28)20-7-5-18(6-8-20)17(3)26/h5-8,11-13H,9-10,14H2,1-4H3. The Morgan fingerprint density at radius 3 is 2.35 bits per heavy atom. The van der Waals surface area contributed by atoms with Crippen molar-refractivity contribution in [2.75, 3.05) is 13.6 Å². The maximum atomic E-state index is 12.7. The second-order valence-corrected chi connectivity index (χ2v) is 9.42. The molecule has 0 spiro atoms. The van der Waals surface area contributed by atoms with Crippen molar-refractivity contribution in [3.63, 3.8) is 0 Å². The van der Waals surface area contributed by atoms with Gasteiger partial charge in [0, 0.05) is 25.6 Å². The summed E-state index contributed by atoms with van der Waals surface area (Å²) in [4.78, 5) is 15.8. The molecule has 31 heavy (non-hydrogen) atoms. The second kappa shape index (κ2) is 9.40. The van der Waals surface area contributed by atoms with Gasteiger partial charge in [-0.3, -0.25) is 4.79 Å². The van der Waals surface area contributed by atoms with E-state index in [-0.39, 0.29) is 30.3 Å². The predicted molar refractivity (Wildman–Crippen MR) is 115 cm³/mol. The van der Waals surface area contributed by atoms with Crippen LogP contribution in [0.3, 0.4) is 0 Å². The Morgan fingerprint density at radius 1 is 1.10 bits per heavy atom. The Kier molecular flexibility index (Phi) is 6.87. The monoisotopic (exact) mass is 443 g/mol. The van der Waals surface area contributed by atoms with Crippen LogP contribution in [0.5, 0.6) is 5.75 Å². The average Bonchev–Trinajstić information content (AvgIpc) is 3.17. The number of benzene rings is 2. The number of Topliss-reactive ketones (excluding diaryl/α,β-unsaturated/α-hetero) is 1. The lowest BCUT2D eigenvalue weighted by atomic mass is 10.1. The molecule has 3 aromatic rings. The third-order valence-electron chi connectivity index (χ3n) is 4.69. The lowest BCUT2D eigenvalue weighted by Crippen LogP contribution is -2.29. The summed E-state index contributed by atoms with van der Waals surface area (Å²) in [6, 6.07) is 11.8. The van der Waals surface area contributed by atoms with Gasteiger partial charge in [0.1, 0.15) is 5.75 Å². The fourth-order valence-electron chi connectivity index (χ4n) is 3.03. The van der Waals surface area contributed by atoms with Crippen molar-refractivity contribution >= 4 is 15.8 Å². The number of carbonyl (C=O) groups excluding carboxylic acids is 1. The summed E-state index contributed by atoms with van der Waals surface area (Å²) in [6.07, 6.45) is 0.286. The molecular weight excluding hydrogens is 418 g/mol. The van der Waals surface area contributed by atoms with Gasteiger partial charge in [-0.2, -0.15) is 4.98 Å². The molecule has 164 valence electrons. The molecular formula is C22H25N3O5S. The molecule has 0 fully saturated rings. The van der Waals surface area contributed by atoms with Gasteiger partial charge in [-0.25, -0.2) is 12.7 Å². The van der Waals surface area contributed by atoms with Crippen LogP contribution in [0, 0.1) is 13.8 Å². The van der Waals surface area contributed by atoms with E-state index in [2.05, 4.69) is 16.2 Å². The van der Waals surface area contributed by atoms with E-state index in [1.807, 2.05) is 26.0 Å². The van der Waals surface area contributed by atoms with Crippen LogP contribution in [0.4, 0.5) is 0 Å². The quantitative estimate of drug-likeness (QED) is 0.467.